The second-order valence-corrected chi connectivity index (χ2v) is 7.20. The van der Waals surface area contributed by atoms with Crippen LogP contribution in [0.2, 0.25) is 5.02 Å². The van der Waals surface area contributed by atoms with Crippen molar-refractivity contribution in [1.29, 1.82) is 5.26 Å². The molecule has 170 valence electrons. The molecule has 3 aromatic carbocycles. The number of hydrogen-bond donors (Lipinski definition) is 1. The lowest BCUT2D eigenvalue weighted by Crippen LogP contribution is -2.23. The van der Waals surface area contributed by atoms with E-state index in [0.29, 0.717) is 5.56 Å². The molecule has 0 fully saturated rings. The van der Waals surface area contributed by atoms with Gasteiger partial charge >= 0.3 is 5.69 Å². The van der Waals surface area contributed by atoms with Gasteiger partial charge in [-0.2, -0.15) is 5.26 Å². The molecule has 3 aromatic rings. The smallest absolute Gasteiger partial charge is 0.318 e. The second-order valence-electron chi connectivity index (χ2n) is 6.80. The summed E-state index contributed by atoms with van der Waals surface area (Å²) in [4.78, 5) is 32.9. The van der Waals surface area contributed by atoms with Crippen LogP contribution in [0, 0.1) is 31.6 Å². The summed E-state index contributed by atoms with van der Waals surface area (Å²) in [6.45, 7) is 0.250. The first-order valence-corrected chi connectivity index (χ1v) is 10.0. The molecule has 10 nitrogen and oxygen atoms in total. The first-order valence-electron chi connectivity index (χ1n) is 9.62. The summed E-state index contributed by atoms with van der Waals surface area (Å²) in [5.41, 5.74) is 0.0861. The van der Waals surface area contributed by atoms with Crippen LogP contribution in [0.1, 0.15) is 11.1 Å². The molecular weight excluding hydrogens is 464 g/mol. The Morgan fingerprint density at radius 2 is 1.74 bits per heavy atom. The number of amides is 1. The molecule has 3 rings (SSSR count). The van der Waals surface area contributed by atoms with Crippen LogP contribution in [0.4, 0.5) is 11.4 Å². The van der Waals surface area contributed by atoms with Crippen molar-refractivity contribution >= 4 is 35.0 Å². The fourth-order valence-electron chi connectivity index (χ4n) is 2.85. The maximum atomic E-state index is 12.4. The lowest BCUT2D eigenvalue weighted by molar-refractivity contribution is -0.394. The van der Waals surface area contributed by atoms with Crippen molar-refractivity contribution in [2.45, 2.75) is 6.54 Å². The van der Waals surface area contributed by atoms with E-state index in [1.807, 2.05) is 36.4 Å². The van der Waals surface area contributed by atoms with E-state index in [1.54, 1.807) is 0 Å². The quantitative estimate of drug-likeness (QED) is 0.203. The van der Waals surface area contributed by atoms with E-state index in [0.717, 1.165) is 23.8 Å². The number of ether oxygens (including phenoxy) is 1. The minimum atomic E-state index is -0.805. The maximum absolute atomic E-state index is 12.4. The SMILES string of the molecule is N#C/C(=C\c1ccc(Oc2ccc([N+](=O)[O-])cc2[N+](=O)[O-])c(Cl)c1)C(=O)NCc1ccccc1. The Balaban J connectivity index is 1.78. The van der Waals surface area contributed by atoms with Gasteiger partial charge in [0.25, 0.3) is 11.6 Å². The summed E-state index contributed by atoms with van der Waals surface area (Å²) in [7, 11) is 0. The van der Waals surface area contributed by atoms with Crippen molar-refractivity contribution in [3.8, 4) is 17.6 Å². The van der Waals surface area contributed by atoms with Crippen molar-refractivity contribution in [1.82, 2.24) is 5.32 Å². The van der Waals surface area contributed by atoms with Crippen LogP contribution in [-0.2, 0) is 11.3 Å². The molecule has 11 heteroatoms. The number of carbonyl (C=O) groups is 1. The Morgan fingerprint density at radius 3 is 2.35 bits per heavy atom. The third kappa shape index (κ3) is 5.93. The largest absolute Gasteiger partial charge is 0.449 e. The molecule has 1 amide bonds. The number of carbonyl (C=O) groups excluding carboxylic acids is 1. The minimum Gasteiger partial charge on any atom is -0.449 e. The summed E-state index contributed by atoms with van der Waals surface area (Å²) in [6.07, 6.45) is 1.34. The molecular formula is C23H15ClN4O6. The van der Waals surface area contributed by atoms with E-state index in [4.69, 9.17) is 16.3 Å². The predicted molar refractivity (Wildman–Crippen MR) is 123 cm³/mol. The zero-order chi connectivity index (χ0) is 24.7. The van der Waals surface area contributed by atoms with Crippen LogP contribution in [0.3, 0.4) is 0 Å². The highest BCUT2D eigenvalue weighted by Gasteiger charge is 2.22. The van der Waals surface area contributed by atoms with Crippen LogP contribution in [0.15, 0.2) is 72.3 Å². The number of halogens is 1. The lowest BCUT2D eigenvalue weighted by atomic mass is 10.1. The molecule has 0 aliphatic rings. The number of non-ortho nitro benzene ring substituents is 1. The van der Waals surface area contributed by atoms with Gasteiger partial charge in [0.05, 0.1) is 20.9 Å². The number of nitrogens with one attached hydrogen (secondary N) is 1. The van der Waals surface area contributed by atoms with Gasteiger partial charge in [0.15, 0.2) is 0 Å². The zero-order valence-corrected chi connectivity index (χ0v) is 18.1. The topological polar surface area (TPSA) is 148 Å². The highest BCUT2D eigenvalue weighted by Crippen LogP contribution is 2.37. The average Bonchev–Trinajstić information content (AvgIpc) is 2.83. The number of nitro groups is 2. The summed E-state index contributed by atoms with van der Waals surface area (Å²) in [6, 6.07) is 18.3. The number of nitriles is 1. The van der Waals surface area contributed by atoms with Gasteiger partial charge < -0.3 is 10.1 Å². The van der Waals surface area contributed by atoms with E-state index in [-0.39, 0.29) is 28.6 Å². The first kappa shape index (κ1) is 23.9. The Hall–Kier alpha value is -4.75. The summed E-state index contributed by atoms with van der Waals surface area (Å²) < 4.78 is 5.50. The molecule has 0 atom stereocenters. The molecule has 0 aromatic heterocycles. The molecule has 0 aliphatic heterocycles. The highest BCUT2D eigenvalue weighted by molar-refractivity contribution is 6.32. The van der Waals surface area contributed by atoms with Crippen molar-refractivity contribution in [3.05, 3.63) is 109 Å². The van der Waals surface area contributed by atoms with E-state index < -0.39 is 27.1 Å². The average molecular weight is 479 g/mol. The predicted octanol–water partition coefficient (Wildman–Crippen LogP) is 5.17. The minimum absolute atomic E-state index is 0.0443. The van der Waals surface area contributed by atoms with Gasteiger partial charge in [0, 0.05) is 12.6 Å². The third-order valence-electron chi connectivity index (χ3n) is 4.50. The van der Waals surface area contributed by atoms with Gasteiger partial charge in [-0.1, -0.05) is 48.0 Å². The Morgan fingerprint density at radius 1 is 1.03 bits per heavy atom. The fourth-order valence-corrected chi connectivity index (χ4v) is 3.07. The summed E-state index contributed by atoms with van der Waals surface area (Å²) in [5.74, 6) is -0.758. The molecule has 0 saturated carbocycles. The molecule has 0 unspecified atom stereocenters. The van der Waals surface area contributed by atoms with Gasteiger partial charge in [-0.3, -0.25) is 25.0 Å². The zero-order valence-electron chi connectivity index (χ0n) is 17.3. The normalized spacial score (nSPS) is 10.8. The Bertz CT molecular complexity index is 1340. The van der Waals surface area contributed by atoms with Gasteiger partial charge in [0.2, 0.25) is 5.75 Å². The van der Waals surface area contributed by atoms with E-state index >= 15 is 0 Å². The van der Waals surface area contributed by atoms with Crippen molar-refractivity contribution in [3.63, 3.8) is 0 Å². The standard InChI is InChI=1S/C23H15ClN4O6/c24-19-11-16(10-17(13-25)23(29)26-14-15-4-2-1-3-5-15)6-8-21(19)34-22-9-7-18(27(30)31)12-20(22)28(32)33/h1-12H,14H2,(H,26,29)/b17-10+. The molecule has 0 radical (unpaired) electrons. The highest BCUT2D eigenvalue weighted by atomic mass is 35.5. The number of nitro benzene ring substituents is 2. The number of benzene rings is 3. The molecule has 0 heterocycles. The second kappa shape index (κ2) is 10.7. The maximum Gasteiger partial charge on any atom is 0.318 e. The van der Waals surface area contributed by atoms with E-state index in [1.165, 1.54) is 24.3 Å². The lowest BCUT2D eigenvalue weighted by Gasteiger charge is -2.09. The summed E-state index contributed by atoms with van der Waals surface area (Å²) >= 11 is 6.22. The fraction of sp³-hybridized carbons (Fsp3) is 0.0435. The van der Waals surface area contributed by atoms with Gasteiger partial charge in [-0.25, -0.2) is 0 Å². The van der Waals surface area contributed by atoms with Crippen molar-refractivity contribution in [2.24, 2.45) is 0 Å². The van der Waals surface area contributed by atoms with Crippen LogP contribution < -0.4 is 10.1 Å². The van der Waals surface area contributed by atoms with E-state index in [2.05, 4.69) is 5.32 Å². The molecule has 34 heavy (non-hydrogen) atoms. The molecule has 0 aliphatic carbocycles. The van der Waals surface area contributed by atoms with Crippen LogP contribution in [0.5, 0.6) is 11.5 Å². The third-order valence-corrected chi connectivity index (χ3v) is 4.79. The van der Waals surface area contributed by atoms with Crippen molar-refractivity contribution in [2.75, 3.05) is 0 Å². The number of hydrogen-bond acceptors (Lipinski definition) is 7. The Kier molecular flexibility index (Phi) is 7.53. The molecule has 0 saturated heterocycles. The number of nitrogens with zero attached hydrogens (tertiary/aromatic N) is 3. The first-order chi connectivity index (χ1) is 16.3. The molecule has 0 spiro atoms. The van der Waals surface area contributed by atoms with Crippen LogP contribution in [0.25, 0.3) is 6.08 Å². The molecule has 1 N–H and O–H groups in total. The number of rotatable bonds is 8. The van der Waals surface area contributed by atoms with Crippen LogP contribution >= 0.6 is 11.6 Å². The van der Waals surface area contributed by atoms with Gasteiger partial charge in [0.1, 0.15) is 17.4 Å². The van der Waals surface area contributed by atoms with Crippen LogP contribution in [-0.4, -0.2) is 15.8 Å². The molecule has 0 bridgehead atoms. The van der Waals surface area contributed by atoms with Crippen molar-refractivity contribution < 1.29 is 19.4 Å². The Labute approximate surface area is 198 Å². The van der Waals surface area contributed by atoms with Gasteiger partial charge in [-0.05, 0) is 35.4 Å². The monoisotopic (exact) mass is 478 g/mol. The van der Waals surface area contributed by atoms with Gasteiger partial charge in [-0.15, -0.1) is 0 Å². The van der Waals surface area contributed by atoms with E-state index in [9.17, 15) is 30.3 Å². The summed E-state index contributed by atoms with van der Waals surface area (Å²) in [5, 5.41) is 34.2.